The van der Waals surface area contributed by atoms with E-state index in [2.05, 4.69) is 57.2 Å². The van der Waals surface area contributed by atoms with Gasteiger partial charge in [0.25, 0.3) is 0 Å². The molecule has 0 fully saturated rings. The highest BCUT2D eigenvalue weighted by Crippen LogP contribution is 2.18. The van der Waals surface area contributed by atoms with E-state index in [-0.39, 0.29) is 31.1 Å². The van der Waals surface area contributed by atoms with E-state index in [1.807, 2.05) is 0 Å². The number of hydrogen-bond acceptors (Lipinski definition) is 6. The van der Waals surface area contributed by atoms with E-state index in [1.165, 1.54) is 244 Å². The summed E-state index contributed by atoms with van der Waals surface area (Å²) < 4.78 is 16.9. The van der Waals surface area contributed by atoms with Gasteiger partial charge < -0.3 is 14.2 Å². The topological polar surface area (TPSA) is 78.9 Å². The molecule has 0 saturated heterocycles. The Hall–Kier alpha value is -2.37. The van der Waals surface area contributed by atoms with E-state index in [9.17, 15) is 14.4 Å². The summed E-state index contributed by atoms with van der Waals surface area (Å²) in [6.07, 6.45) is 78.9. The fraction of sp³-hybridized carbons (Fsp3) is 0.870. The second-order valence-electron chi connectivity index (χ2n) is 22.7. The molecule has 0 aliphatic rings. The number of allylic oxidation sites excluding steroid dienone is 6. The average molecular weight is 1050 g/mol. The van der Waals surface area contributed by atoms with Crippen LogP contribution in [-0.4, -0.2) is 37.2 Å². The largest absolute Gasteiger partial charge is 0.462 e. The molecule has 1 unspecified atom stereocenters. The van der Waals surface area contributed by atoms with Crippen LogP contribution in [0.4, 0.5) is 0 Å². The highest BCUT2D eigenvalue weighted by Gasteiger charge is 2.19. The van der Waals surface area contributed by atoms with Gasteiger partial charge in [-0.3, -0.25) is 14.4 Å². The first-order valence-electron chi connectivity index (χ1n) is 33.5. The van der Waals surface area contributed by atoms with Crippen LogP contribution in [0.15, 0.2) is 36.5 Å². The van der Waals surface area contributed by atoms with Gasteiger partial charge in [0.1, 0.15) is 13.2 Å². The minimum atomic E-state index is -0.774. The van der Waals surface area contributed by atoms with E-state index < -0.39 is 6.10 Å². The van der Waals surface area contributed by atoms with Crippen molar-refractivity contribution in [1.82, 2.24) is 0 Å². The van der Waals surface area contributed by atoms with Gasteiger partial charge in [-0.1, -0.05) is 314 Å². The average Bonchev–Trinajstić information content (AvgIpc) is 3.41. The number of hydrogen-bond donors (Lipinski definition) is 0. The molecule has 75 heavy (non-hydrogen) atoms. The molecule has 0 bridgehead atoms. The molecule has 0 rings (SSSR count). The van der Waals surface area contributed by atoms with Crippen molar-refractivity contribution in [2.75, 3.05) is 13.2 Å². The molecule has 0 aromatic carbocycles. The van der Waals surface area contributed by atoms with Crippen molar-refractivity contribution in [1.29, 1.82) is 0 Å². The molecular formula is C69H128O6. The lowest BCUT2D eigenvalue weighted by atomic mass is 10.0. The molecule has 1 atom stereocenters. The van der Waals surface area contributed by atoms with Gasteiger partial charge in [0.05, 0.1) is 0 Å². The van der Waals surface area contributed by atoms with Crippen LogP contribution >= 0.6 is 0 Å². The highest BCUT2D eigenvalue weighted by atomic mass is 16.6. The molecule has 0 amide bonds. The lowest BCUT2D eigenvalue weighted by Crippen LogP contribution is -2.30. The minimum Gasteiger partial charge on any atom is -0.462 e. The lowest BCUT2D eigenvalue weighted by Gasteiger charge is -2.18. The van der Waals surface area contributed by atoms with E-state index in [0.717, 1.165) is 83.5 Å². The van der Waals surface area contributed by atoms with Crippen molar-refractivity contribution in [3.8, 4) is 0 Å². The number of rotatable bonds is 62. The van der Waals surface area contributed by atoms with Gasteiger partial charge in [-0.15, -0.1) is 0 Å². The molecular weight excluding hydrogens is 925 g/mol. The molecule has 6 heteroatoms. The van der Waals surface area contributed by atoms with Crippen molar-refractivity contribution < 1.29 is 28.6 Å². The monoisotopic (exact) mass is 1050 g/mol. The van der Waals surface area contributed by atoms with Gasteiger partial charge >= 0.3 is 17.9 Å². The summed E-state index contributed by atoms with van der Waals surface area (Å²) in [4.78, 5) is 38.3. The summed E-state index contributed by atoms with van der Waals surface area (Å²) in [6.45, 7) is 6.62. The molecule has 0 spiro atoms. The van der Waals surface area contributed by atoms with Gasteiger partial charge in [-0.2, -0.15) is 0 Å². The second kappa shape index (κ2) is 64.2. The molecule has 0 aliphatic heterocycles. The molecule has 0 heterocycles. The standard InChI is InChI=1S/C69H128O6/c1-4-7-10-13-16-19-22-25-27-28-29-30-31-32-33-34-35-36-37-38-39-40-42-44-47-50-53-56-59-62-68(71)74-65-66(64-73-67(70)61-58-55-52-49-46-43-24-21-18-15-12-9-6-3)75-69(72)63-60-57-54-51-48-45-41-26-23-20-17-14-11-8-5-2/h12,15,21,24,28-29,66H,4-11,13-14,16-20,22-23,25-27,30-65H2,1-3H3/b15-12-,24-21-,29-28-. The zero-order valence-electron chi connectivity index (χ0n) is 50.6. The zero-order chi connectivity index (χ0) is 54.3. The van der Waals surface area contributed by atoms with Gasteiger partial charge in [-0.25, -0.2) is 0 Å². The first-order chi connectivity index (χ1) is 37.0. The molecule has 440 valence electrons. The van der Waals surface area contributed by atoms with Gasteiger partial charge in [0, 0.05) is 19.3 Å². The van der Waals surface area contributed by atoms with Crippen LogP contribution in [-0.2, 0) is 28.6 Å². The van der Waals surface area contributed by atoms with E-state index in [4.69, 9.17) is 14.2 Å². The Balaban J connectivity index is 4.15. The molecule has 0 saturated carbocycles. The Bertz CT molecular complexity index is 1250. The summed E-state index contributed by atoms with van der Waals surface area (Å²) in [6, 6.07) is 0. The molecule has 6 nitrogen and oxygen atoms in total. The fourth-order valence-corrected chi connectivity index (χ4v) is 10.1. The predicted octanol–water partition coefficient (Wildman–Crippen LogP) is 22.8. The Morgan fingerprint density at radius 1 is 0.267 bits per heavy atom. The number of carbonyl (C=O) groups is 3. The first-order valence-corrected chi connectivity index (χ1v) is 33.5. The smallest absolute Gasteiger partial charge is 0.306 e. The van der Waals surface area contributed by atoms with Crippen LogP contribution in [0.5, 0.6) is 0 Å². The maximum atomic E-state index is 12.9. The van der Waals surface area contributed by atoms with E-state index in [0.29, 0.717) is 19.3 Å². The van der Waals surface area contributed by atoms with Crippen molar-refractivity contribution in [2.45, 2.75) is 374 Å². The van der Waals surface area contributed by atoms with Gasteiger partial charge in [-0.05, 0) is 70.6 Å². The summed E-state index contributed by atoms with van der Waals surface area (Å²) >= 11 is 0. The van der Waals surface area contributed by atoms with Crippen molar-refractivity contribution in [3.63, 3.8) is 0 Å². The van der Waals surface area contributed by atoms with Crippen LogP contribution in [0.1, 0.15) is 367 Å². The summed E-state index contributed by atoms with van der Waals surface area (Å²) in [5.41, 5.74) is 0. The fourth-order valence-electron chi connectivity index (χ4n) is 10.1. The number of unbranched alkanes of at least 4 members (excludes halogenated alkanes) is 45. The van der Waals surface area contributed by atoms with Crippen LogP contribution in [0.25, 0.3) is 0 Å². The number of carbonyl (C=O) groups excluding carboxylic acids is 3. The lowest BCUT2D eigenvalue weighted by molar-refractivity contribution is -0.167. The Kier molecular flexibility index (Phi) is 62.1. The first kappa shape index (κ1) is 72.6. The maximum Gasteiger partial charge on any atom is 0.306 e. The summed E-state index contributed by atoms with van der Waals surface area (Å²) in [5, 5.41) is 0. The van der Waals surface area contributed by atoms with Crippen LogP contribution in [0.3, 0.4) is 0 Å². The van der Waals surface area contributed by atoms with Gasteiger partial charge in [0.2, 0.25) is 0 Å². The summed E-state index contributed by atoms with van der Waals surface area (Å²) in [7, 11) is 0. The van der Waals surface area contributed by atoms with Crippen LogP contribution in [0.2, 0.25) is 0 Å². The second-order valence-corrected chi connectivity index (χ2v) is 22.7. The molecule has 0 N–H and O–H groups in total. The molecule has 0 aromatic heterocycles. The molecule has 0 aromatic rings. The van der Waals surface area contributed by atoms with E-state index in [1.54, 1.807) is 0 Å². The van der Waals surface area contributed by atoms with Crippen LogP contribution < -0.4 is 0 Å². The third-order valence-electron chi connectivity index (χ3n) is 15.1. The Morgan fingerprint density at radius 2 is 0.507 bits per heavy atom. The third kappa shape index (κ3) is 62.4. The zero-order valence-corrected chi connectivity index (χ0v) is 50.6. The quantitative estimate of drug-likeness (QED) is 0.0261. The third-order valence-corrected chi connectivity index (χ3v) is 15.1. The molecule has 0 radical (unpaired) electrons. The highest BCUT2D eigenvalue weighted by molar-refractivity contribution is 5.71. The minimum absolute atomic E-state index is 0.0715. The maximum absolute atomic E-state index is 12.9. The SMILES string of the molecule is CCC/C=C\C/C=C\CCCCCCCC(=O)OCC(COC(=O)CCCCCCCCCCCCCCCCCCC/C=C\CCCCCCCCCC)OC(=O)CCCCCCCCCCCCCCCCC. The van der Waals surface area contributed by atoms with Crippen molar-refractivity contribution in [2.24, 2.45) is 0 Å². The normalized spacial score (nSPS) is 12.2. The van der Waals surface area contributed by atoms with Crippen molar-refractivity contribution in [3.05, 3.63) is 36.5 Å². The summed E-state index contributed by atoms with van der Waals surface area (Å²) in [5.74, 6) is -0.862. The number of ether oxygens (including phenoxy) is 3. The van der Waals surface area contributed by atoms with Gasteiger partial charge in [0.15, 0.2) is 6.10 Å². The van der Waals surface area contributed by atoms with E-state index >= 15 is 0 Å². The Labute approximate surface area is 467 Å². The van der Waals surface area contributed by atoms with Crippen LogP contribution in [0, 0.1) is 0 Å². The Morgan fingerprint density at radius 3 is 0.800 bits per heavy atom. The molecule has 0 aliphatic carbocycles. The predicted molar refractivity (Wildman–Crippen MR) is 326 cm³/mol. The van der Waals surface area contributed by atoms with Crippen molar-refractivity contribution >= 4 is 17.9 Å². The number of esters is 3.